The molecule has 1 unspecified atom stereocenters. The number of benzene rings is 1. The second-order valence-electron chi connectivity index (χ2n) is 11.2. The third kappa shape index (κ3) is 10.8. The first-order chi connectivity index (χ1) is 19.2. The highest BCUT2D eigenvalue weighted by Gasteiger charge is 2.43. The van der Waals surface area contributed by atoms with Crippen molar-refractivity contribution in [3.8, 4) is 0 Å². The summed E-state index contributed by atoms with van der Waals surface area (Å²) in [6, 6.07) is 5.56. The lowest BCUT2D eigenvalue weighted by atomic mass is 9.96. The van der Waals surface area contributed by atoms with E-state index in [9.17, 15) is 31.5 Å². The van der Waals surface area contributed by atoms with Gasteiger partial charge < -0.3 is 21.3 Å². The third-order valence-corrected chi connectivity index (χ3v) is 6.19. The van der Waals surface area contributed by atoms with Crippen molar-refractivity contribution in [1.82, 2.24) is 20.9 Å². The molecule has 2 saturated carbocycles. The predicted molar refractivity (Wildman–Crippen MR) is 143 cm³/mol. The van der Waals surface area contributed by atoms with E-state index >= 15 is 0 Å². The maximum Gasteiger partial charge on any atom is 0.393 e. The first-order valence-electron chi connectivity index (χ1n) is 13.6. The maximum atomic E-state index is 12.4. The van der Waals surface area contributed by atoms with Crippen LogP contribution in [0.15, 0.2) is 22.8 Å². The van der Waals surface area contributed by atoms with Gasteiger partial charge in [0.15, 0.2) is 5.69 Å². The van der Waals surface area contributed by atoms with Crippen molar-refractivity contribution in [2.24, 2.45) is 5.41 Å². The highest BCUT2D eigenvalue weighted by atomic mass is 19.4. The van der Waals surface area contributed by atoms with Gasteiger partial charge in [-0.3, -0.25) is 9.59 Å². The van der Waals surface area contributed by atoms with E-state index in [0.717, 1.165) is 50.6 Å². The molecule has 2 fully saturated rings. The van der Waals surface area contributed by atoms with Gasteiger partial charge in [0, 0.05) is 25.3 Å². The third-order valence-electron chi connectivity index (χ3n) is 6.19. The Morgan fingerprint density at radius 2 is 1.66 bits per heavy atom. The molecule has 41 heavy (non-hydrogen) atoms. The van der Waals surface area contributed by atoms with Crippen LogP contribution in [0.2, 0.25) is 0 Å². The van der Waals surface area contributed by atoms with E-state index in [-0.39, 0.29) is 36.7 Å². The van der Waals surface area contributed by atoms with Crippen LogP contribution in [0, 0.1) is 5.41 Å². The standard InChI is InChI=1S/C19H22F2N6O3.C5H9F3.C3H6/c20-14(21)5-6-16(28)22-8-10-1-4-12-13(7-10)25-15(24-12)9-23-19(29)18-17(11-2-3-11)26-30-27-18;1-4(2,3)5(6,7)8;1-2-3-1/h1,4,7,11,14-15,24-25H,2-3,5-6,8-9H2,(H,22,28)(H,23,29);1-3H3;1-3H2. The lowest BCUT2D eigenvalue weighted by molar-refractivity contribution is -0.204. The fourth-order valence-corrected chi connectivity index (χ4v) is 3.25. The number of halogens is 5. The molecule has 5 rings (SSSR count). The molecule has 0 bridgehead atoms. The van der Waals surface area contributed by atoms with E-state index < -0.39 is 30.3 Å². The number of carbonyl (C=O) groups is 2. The highest BCUT2D eigenvalue weighted by Crippen LogP contribution is 2.40. The van der Waals surface area contributed by atoms with Gasteiger partial charge in [0.05, 0.1) is 23.3 Å². The van der Waals surface area contributed by atoms with Crippen LogP contribution in [0.3, 0.4) is 0 Å². The van der Waals surface area contributed by atoms with Gasteiger partial charge in [-0.05, 0) is 35.7 Å². The van der Waals surface area contributed by atoms with E-state index in [1.165, 1.54) is 19.3 Å². The van der Waals surface area contributed by atoms with Gasteiger partial charge in [0.1, 0.15) is 11.9 Å². The Bertz CT molecular complexity index is 1140. The van der Waals surface area contributed by atoms with Crippen LogP contribution in [-0.4, -0.2) is 47.4 Å². The van der Waals surface area contributed by atoms with Crippen LogP contribution < -0.4 is 21.3 Å². The van der Waals surface area contributed by atoms with Gasteiger partial charge in [-0.25, -0.2) is 13.4 Å². The van der Waals surface area contributed by atoms with Crippen molar-refractivity contribution in [3.05, 3.63) is 35.2 Å². The van der Waals surface area contributed by atoms with E-state index in [0.29, 0.717) is 12.2 Å². The summed E-state index contributed by atoms with van der Waals surface area (Å²) in [6.07, 6.45) is -0.926. The van der Waals surface area contributed by atoms with Gasteiger partial charge >= 0.3 is 6.18 Å². The summed E-state index contributed by atoms with van der Waals surface area (Å²) < 4.78 is 63.7. The number of anilines is 2. The molecule has 1 aliphatic heterocycles. The fraction of sp³-hybridized carbons (Fsp3) is 0.630. The Hall–Kier alpha value is -3.45. The quantitative estimate of drug-likeness (QED) is 0.267. The molecule has 14 heteroatoms. The first-order valence-corrected chi connectivity index (χ1v) is 13.6. The minimum atomic E-state index is -4.06. The number of nitrogens with one attached hydrogen (secondary N) is 4. The number of alkyl halides is 5. The van der Waals surface area contributed by atoms with Crippen LogP contribution in [-0.2, 0) is 11.3 Å². The second-order valence-corrected chi connectivity index (χ2v) is 11.2. The zero-order valence-corrected chi connectivity index (χ0v) is 23.3. The van der Waals surface area contributed by atoms with E-state index in [1.54, 1.807) is 0 Å². The number of hydrogen-bond acceptors (Lipinski definition) is 7. The average molecular weight is 589 g/mol. The SMILES string of the molecule is C1CC1.CC(C)(C)C(F)(F)F.O=C(CCC(F)F)NCc1ccc2c(c1)NC(CNC(=O)c1nonc1C1CC1)N2. The van der Waals surface area contributed by atoms with Crippen LogP contribution in [0.5, 0.6) is 0 Å². The second kappa shape index (κ2) is 13.9. The molecule has 2 aliphatic carbocycles. The van der Waals surface area contributed by atoms with Crippen molar-refractivity contribution in [2.45, 2.75) is 96.9 Å². The smallest absolute Gasteiger partial charge is 0.362 e. The molecule has 0 spiro atoms. The maximum absolute atomic E-state index is 12.4. The van der Waals surface area contributed by atoms with Gasteiger partial charge in [-0.2, -0.15) is 13.2 Å². The van der Waals surface area contributed by atoms with Crippen molar-refractivity contribution >= 4 is 23.2 Å². The number of rotatable bonds is 9. The Morgan fingerprint density at radius 1 is 1.02 bits per heavy atom. The molecular weight excluding hydrogens is 551 g/mol. The Kier molecular flexibility index (Phi) is 10.9. The molecule has 228 valence electrons. The summed E-state index contributed by atoms with van der Waals surface area (Å²) in [5, 5.41) is 19.5. The molecule has 2 heterocycles. The number of aromatic nitrogens is 2. The minimum absolute atomic E-state index is 0.201. The van der Waals surface area contributed by atoms with Crippen LogP contribution in [0.4, 0.5) is 33.3 Å². The van der Waals surface area contributed by atoms with Crippen LogP contribution in [0.1, 0.15) is 93.4 Å². The molecule has 0 radical (unpaired) electrons. The molecule has 9 nitrogen and oxygen atoms in total. The highest BCUT2D eigenvalue weighted by molar-refractivity contribution is 5.93. The predicted octanol–water partition coefficient (Wildman–Crippen LogP) is 5.97. The molecule has 3 aliphatic rings. The van der Waals surface area contributed by atoms with Gasteiger partial charge in [-0.15, -0.1) is 0 Å². The number of carbonyl (C=O) groups excluding carboxylic acids is 2. The van der Waals surface area contributed by atoms with Crippen molar-refractivity contribution in [2.75, 3.05) is 17.2 Å². The molecule has 1 aromatic carbocycles. The monoisotopic (exact) mass is 588 g/mol. The van der Waals surface area contributed by atoms with Crippen molar-refractivity contribution in [1.29, 1.82) is 0 Å². The minimum Gasteiger partial charge on any atom is -0.362 e. The van der Waals surface area contributed by atoms with E-state index in [1.807, 2.05) is 18.2 Å². The zero-order chi connectivity index (χ0) is 30.2. The average Bonchev–Trinajstić information content (AvgIpc) is 3.84. The number of fused-ring (bicyclic) bond motifs is 1. The van der Waals surface area contributed by atoms with Gasteiger partial charge in [-0.1, -0.05) is 51.3 Å². The lowest BCUT2D eigenvalue weighted by Gasteiger charge is -2.21. The lowest BCUT2D eigenvalue weighted by Crippen LogP contribution is -2.38. The van der Waals surface area contributed by atoms with Crippen LogP contribution >= 0.6 is 0 Å². The van der Waals surface area contributed by atoms with Crippen molar-refractivity contribution < 1.29 is 36.2 Å². The Labute approximate surface area is 235 Å². The van der Waals surface area contributed by atoms with Gasteiger partial charge in [0.2, 0.25) is 12.3 Å². The van der Waals surface area contributed by atoms with Gasteiger partial charge in [0.25, 0.3) is 5.91 Å². The normalized spacial score (nSPS) is 17.1. The summed E-state index contributed by atoms with van der Waals surface area (Å²) in [7, 11) is 0. The van der Waals surface area contributed by atoms with Crippen molar-refractivity contribution in [3.63, 3.8) is 0 Å². The number of hydrogen-bond donors (Lipinski definition) is 4. The van der Waals surface area contributed by atoms with E-state index in [2.05, 4.69) is 31.6 Å². The summed E-state index contributed by atoms with van der Waals surface area (Å²) in [5.41, 5.74) is 1.81. The first kappa shape index (κ1) is 32.1. The Morgan fingerprint density at radius 3 is 2.22 bits per heavy atom. The largest absolute Gasteiger partial charge is 0.393 e. The summed E-state index contributed by atoms with van der Waals surface area (Å²) in [4.78, 5) is 24.0. The zero-order valence-electron chi connectivity index (χ0n) is 23.3. The summed E-state index contributed by atoms with van der Waals surface area (Å²) in [6.45, 7) is 4.00. The van der Waals surface area contributed by atoms with E-state index in [4.69, 9.17) is 4.63 Å². The number of amides is 2. The molecule has 2 amide bonds. The Balaban J connectivity index is 0.000000354. The van der Waals surface area contributed by atoms with Crippen LogP contribution in [0.25, 0.3) is 0 Å². The number of nitrogens with zero attached hydrogens (tertiary/aromatic N) is 2. The topological polar surface area (TPSA) is 121 Å². The molecule has 0 saturated heterocycles. The molecule has 1 atom stereocenters. The summed E-state index contributed by atoms with van der Waals surface area (Å²) in [5.74, 6) is -0.474. The molecule has 1 aromatic heterocycles. The molecular formula is C27H37F5N6O3. The molecule has 4 N–H and O–H groups in total. The summed E-state index contributed by atoms with van der Waals surface area (Å²) >= 11 is 0. The molecule has 2 aromatic rings. The fourth-order valence-electron chi connectivity index (χ4n) is 3.25.